The predicted molar refractivity (Wildman–Crippen MR) is 162 cm³/mol. The summed E-state index contributed by atoms with van der Waals surface area (Å²) in [6.45, 7) is 7.42. The van der Waals surface area contributed by atoms with E-state index in [9.17, 15) is 31.2 Å². The summed E-state index contributed by atoms with van der Waals surface area (Å²) in [5, 5.41) is 3.26. The molecule has 13 heteroatoms. The summed E-state index contributed by atoms with van der Waals surface area (Å²) in [4.78, 5) is 28.1. The van der Waals surface area contributed by atoms with Crippen molar-refractivity contribution in [1.29, 1.82) is 0 Å². The molecule has 3 aromatic carbocycles. The second-order valence-electron chi connectivity index (χ2n) is 11.1. The van der Waals surface area contributed by atoms with Crippen LogP contribution in [0.25, 0.3) is 0 Å². The molecule has 3 aromatic rings. The Balaban J connectivity index is 2.11. The maximum atomic E-state index is 14.0. The van der Waals surface area contributed by atoms with E-state index in [1.807, 2.05) is 0 Å². The molecule has 0 fully saturated rings. The van der Waals surface area contributed by atoms with Crippen LogP contribution in [0.2, 0.25) is 10.0 Å². The third kappa shape index (κ3) is 8.87. The van der Waals surface area contributed by atoms with Crippen molar-refractivity contribution < 1.29 is 31.2 Å². The molecule has 0 bridgehead atoms. The van der Waals surface area contributed by atoms with Gasteiger partial charge in [-0.3, -0.25) is 13.9 Å². The summed E-state index contributed by atoms with van der Waals surface area (Å²) in [6.07, 6.45) is -4.77. The van der Waals surface area contributed by atoms with Crippen LogP contribution < -0.4 is 9.62 Å². The fourth-order valence-corrected chi connectivity index (χ4v) is 5.82. The van der Waals surface area contributed by atoms with E-state index in [2.05, 4.69) is 5.32 Å². The Hall–Kier alpha value is -3.28. The quantitative estimate of drug-likeness (QED) is 0.273. The maximum Gasteiger partial charge on any atom is 0.416 e. The molecule has 0 aromatic heterocycles. The van der Waals surface area contributed by atoms with Crippen molar-refractivity contribution in [2.45, 2.75) is 63.8 Å². The lowest BCUT2D eigenvalue weighted by molar-refractivity contribution is -0.140. The van der Waals surface area contributed by atoms with Gasteiger partial charge in [0.1, 0.15) is 12.6 Å². The molecule has 0 aliphatic rings. The maximum absolute atomic E-state index is 14.0. The first-order valence-electron chi connectivity index (χ1n) is 13.1. The Morgan fingerprint density at radius 2 is 1.56 bits per heavy atom. The van der Waals surface area contributed by atoms with Gasteiger partial charge in [0.2, 0.25) is 11.8 Å². The Morgan fingerprint density at radius 3 is 2.12 bits per heavy atom. The molecule has 3 rings (SSSR count). The van der Waals surface area contributed by atoms with E-state index in [1.54, 1.807) is 33.8 Å². The van der Waals surface area contributed by atoms with Gasteiger partial charge in [0.15, 0.2) is 0 Å². The van der Waals surface area contributed by atoms with E-state index in [0.29, 0.717) is 15.9 Å². The van der Waals surface area contributed by atoms with Crippen molar-refractivity contribution in [1.82, 2.24) is 10.2 Å². The molecule has 1 atom stereocenters. The lowest BCUT2D eigenvalue weighted by Crippen LogP contribution is -2.54. The normalized spacial score (nSPS) is 12.9. The van der Waals surface area contributed by atoms with Gasteiger partial charge in [-0.05, 0) is 82.6 Å². The summed E-state index contributed by atoms with van der Waals surface area (Å²) in [7, 11) is -4.54. The molecular weight excluding hydrogens is 626 g/mol. The van der Waals surface area contributed by atoms with Crippen LogP contribution in [0, 0.1) is 6.92 Å². The fraction of sp³-hybridized carbons (Fsp3) is 0.333. The van der Waals surface area contributed by atoms with Gasteiger partial charge in [-0.15, -0.1) is 0 Å². The summed E-state index contributed by atoms with van der Waals surface area (Å²) in [5.74, 6) is -1.36. The van der Waals surface area contributed by atoms with Gasteiger partial charge in [-0.1, -0.05) is 53.0 Å². The molecule has 232 valence electrons. The monoisotopic (exact) mass is 657 g/mol. The summed E-state index contributed by atoms with van der Waals surface area (Å²) >= 11 is 12.2. The van der Waals surface area contributed by atoms with Crippen molar-refractivity contribution >= 4 is 50.7 Å². The number of hydrogen-bond donors (Lipinski definition) is 1. The zero-order chi connectivity index (χ0) is 32.3. The van der Waals surface area contributed by atoms with Gasteiger partial charge in [-0.2, -0.15) is 13.2 Å². The lowest BCUT2D eigenvalue weighted by atomic mass is 10.1. The van der Waals surface area contributed by atoms with Crippen LogP contribution in [-0.2, 0) is 32.3 Å². The number of carbonyl (C=O) groups excluding carboxylic acids is 2. The number of carbonyl (C=O) groups is 2. The van der Waals surface area contributed by atoms with Crippen molar-refractivity contribution in [3.8, 4) is 0 Å². The fourth-order valence-electron chi connectivity index (χ4n) is 4.09. The first-order valence-corrected chi connectivity index (χ1v) is 15.3. The molecule has 0 radical (unpaired) electrons. The van der Waals surface area contributed by atoms with Crippen LogP contribution in [0.5, 0.6) is 0 Å². The summed E-state index contributed by atoms with van der Waals surface area (Å²) in [6, 6.07) is 12.9. The third-order valence-electron chi connectivity index (χ3n) is 6.35. The van der Waals surface area contributed by atoms with Gasteiger partial charge >= 0.3 is 6.18 Å². The van der Waals surface area contributed by atoms with E-state index < -0.39 is 51.7 Å². The van der Waals surface area contributed by atoms with E-state index in [-0.39, 0.29) is 27.2 Å². The van der Waals surface area contributed by atoms with Crippen LogP contribution in [0.1, 0.15) is 44.4 Å². The SMILES string of the molecule is Cc1ccc(S(=O)(=O)N(CC(=O)N(Cc2ccc(Cl)c(Cl)c2)[C@@H](C)C(=O)NC(C)(C)C)c2cccc(C(F)(F)F)c2)cc1. The first kappa shape index (κ1) is 34.2. The Kier molecular flexibility index (Phi) is 10.5. The molecule has 0 aliphatic heterocycles. The van der Waals surface area contributed by atoms with E-state index in [4.69, 9.17) is 23.2 Å². The number of nitrogens with zero attached hydrogens (tertiary/aromatic N) is 2. The van der Waals surface area contributed by atoms with Gasteiger partial charge < -0.3 is 10.2 Å². The molecular formula is C30H32Cl2F3N3O4S. The number of alkyl halides is 3. The molecule has 0 heterocycles. The zero-order valence-corrected chi connectivity index (χ0v) is 26.5. The minimum absolute atomic E-state index is 0.171. The van der Waals surface area contributed by atoms with Crippen LogP contribution in [0.4, 0.5) is 18.9 Å². The van der Waals surface area contributed by atoms with Gasteiger partial charge in [0.25, 0.3) is 10.0 Å². The van der Waals surface area contributed by atoms with Crippen LogP contribution >= 0.6 is 23.2 Å². The molecule has 2 amide bonds. The molecule has 1 N–H and O–H groups in total. The molecule has 0 aliphatic carbocycles. The van der Waals surface area contributed by atoms with Crippen molar-refractivity contribution in [2.24, 2.45) is 0 Å². The van der Waals surface area contributed by atoms with Gasteiger partial charge in [0, 0.05) is 12.1 Å². The number of aryl methyl sites for hydroxylation is 1. The van der Waals surface area contributed by atoms with Crippen LogP contribution in [-0.4, -0.2) is 43.3 Å². The smallest absolute Gasteiger partial charge is 0.350 e. The molecule has 43 heavy (non-hydrogen) atoms. The number of halogens is 5. The molecule has 7 nitrogen and oxygen atoms in total. The minimum atomic E-state index is -4.77. The van der Waals surface area contributed by atoms with E-state index >= 15 is 0 Å². The first-order chi connectivity index (χ1) is 19.8. The lowest BCUT2D eigenvalue weighted by Gasteiger charge is -2.33. The highest BCUT2D eigenvalue weighted by Crippen LogP contribution is 2.33. The highest BCUT2D eigenvalue weighted by molar-refractivity contribution is 7.92. The highest BCUT2D eigenvalue weighted by Gasteiger charge is 2.35. The molecule has 0 saturated heterocycles. The zero-order valence-electron chi connectivity index (χ0n) is 24.2. The molecule has 0 saturated carbocycles. The largest absolute Gasteiger partial charge is 0.416 e. The van der Waals surface area contributed by atoms with Crippen molar-refractivity contribution in [3.05, 3.63) is 93.5 Å². The topological polar surface area (TPSA) is 86.8 Å². The number of anilines is 1. The van der Waals surface area contributed by atoms with Crippen LogP contribution in [0.3, 0.4) is 0 Å². The van der Waals surface area contributed by atoms with E-state index in [1.165, 1.54) is 49.4 Å². The van der Waals surface area contributed by atoms with Crippen molar-refractivity contribution in [3.63, 3.8) is 0 Å². The van der Waals surface area contributed by atoms with E-state index in [0.717, 1.165) is 22.6 Å². The Morgan fingerprint density at radius 1 is 0.930 bits per heavy atom. The second kappa shape index (κ2) is 13.2. The third-order valence-corrected chi connectivity index (χ3v) is 8.88. The number of nitrogens with one attached hydrogen (secondary N) is 1. The standard InChI is InChI=1S/C30H32Cl2F3N3O4S/c1-19-9-12-24(13-10-19)43(41,42)38(23-8-6-7-22(16-23)30(33,34)35)18-27(39)37(20(2)28(40)36-29(3,4)5)17-21-11-14-25(31)26(32)15-21/h6-16,20H,17-18H2,1-5H3,(H,36,40)/t20-/m0/s1. The molecule has 0 spiro atoms. The number of rotatable bonds is 9. The predicted octanol–water partition coefficient (Wildman–Crippen LogP) is 6.85. The average molecular weight is 659 g/mol. The van der Waals surface area contributed by atoms with Gasteiger partial charge in [0.05, 0.1) is 26.2 Å². The number of benzene rings is 3. The Labute approximate surface area is 259 Å². The highest BCUT2D eigenvalue weighted by atomic mass is 35.5. The number of hydrogen-bond acceptors (Lipinski definition) is 4. The number of amides is 2. The Bertz CT molecular complexity index is 1590. The van der Waals surface area contributed by atoms with Crippen molar-refractivity contribution in [2.75, 3.05) is 10.8 Å². The number of sulfonamides is 1. The summed E-state index contributed by atoms with van der Waals surface area (Å²) < 4.78 is 69.2. The van der Waals surface area contributed by atoms with Crippen LogP contribution in [0.15, 0.2) is 71.6 Å². The minimum Gasteiger partial charge on any atom is -0.350 e. The summed E-state index contributed by atoms with van der Waals surface area (Å²) in [5.41, 5.74) is -0.864. The molecule has 0 unspecified atom stereocenters. The van der Waals surface area contributed by atoms with Gasteiger partial charge in [-0.25, -0.2) is 8.42 Å². The second-order valence-corrected chi connectivity index (χ2v) is 13.7. The average Bonchev–Trinajstić information content (AvgIpc) is 2.90.